The molecule has 0 amide bonds. The summed E-state index contributed by atoms with van der Waals surface area (Å²) in [7, 11) is 3.62. The fourth-order valence-corrected chi connectivity index (χ4v) is 7.60. The van der Waals surface area contributed by atoms with E-state index < -0.39 is 0 Å². The summed E-state index contributed by atoms with van der Waals surface area (Å²) in [6.45, 7) is 0. The van der Waals surface area contributed by atoms with E-state index >= 15 is 0 Å². The lowest BCUT2D eigenvalue weighted by Crippen LogP contribution is -2.19. The van der Waals surface area contributed by atoms with Crippen LogP contribution in [0.4, 0.5) is 0 Å². The Balaban J connectivity index is 1.11. The molecule has 0 radical (unpaired) electrons. The summed E-state index contributed by atoms with van der Waals surface area (Å²) < 4.78 is 9.77. The largest absolute Gasteiger partial charge is 0.456 e. The first-order valence-electron chi connectivity index (χ1n) is 17.6. The highest BCUT2D eigenvalue weighted by atomic mass is 16.3. The smallest absolute Gasteiger partial charge is 0.328 e. The van der Waals surface area contributed by atoms with E-state index in [0.29, 0.717) is 5.82 Å². The Morgan fingerprint density at radius 2 is 1.08 bits per heavy atom. The van der Waals surface area contributed by atoms with Crippen molar-refractivity contribution in [1.29, 1.82) is 0 Å². The van der Waals surface area contributed by atoms with Crippen molar-refractivity contribution in [3.63, 3.8) is 0 Å². The lowest BCUT2D eigenvalue weighted by molar-refractivity contribution is 0.669. The number of imidazole rings is 1. The molecule has 3 heterocycles. The molecule has 6 nitrogen and oxygen atoms in total. The normalized spacial score (nSPS) is 11.7. The van der Waals surface area contributed by atoms with Crippen molar-refractivity contribution in [2.75, 3.05) is 0 Å². The van der Waals surface area contributed by atoms with Gasteiger partial charge in [0.15, 0.2) is 5.82 Å². The number of nitrogens with zero attached hydrogens (tertiary/aromatic N) is 4. The Kier molecular flexibility index (Phi) is 6.98. The van der Waals surface area contributed by atoms with Gasteiger partial charge in [0.25, 0.3) is 0 Å². The highest BCUT2D eigenvalue weighted by Gasteiger charge is 2.16. The minimum absolute atomic E-state index is 0.0413. The first-order valence-corrected chi connectivity index (χ1v) is 17.6. The van der Waals surface area contributed by atoms with Crippen molar-refractivity contribution in [1.82, 2.24) is 19.1 Å². The van der Waals surface area contributed by atoms with Gasteiger partial charge in [0.05, 0.1) is 22.4 Å². The van der Waals surface area contributed by atoms with Crippen molar-refractivity contribution >= 4 is 43.7 Å². The number of furan rings is 1. The third-order valence-corrected chi connectivity index (χ3v) is 10.4. The molecular weight excluding hydrogens is 653 g/mol. The summed E-state index contributed by atoms with van der Waals surface area (Å²) in [4.78, 5) is 22.9. The summed E-state index contributed by atoms with van der Waals surface area (Å²) in [5.41, 5.74) is 12.3. The highest BCUT2D eigenvalue weighted by Crippen LogP contribution is 2.40. The summed E-state index contributed by atoms with van der Waals surface area (Å²) in [5, 5.41) is 4.54. The van der Waals surface area contributed by atoms with Gasteiger partial charge in [-0.05, 0) is 81.6 Å². The zero-order chi connectivity index (χ0) is 35.6. The van der Waals surface area contributed by atoms with Crippen molar-refractivity contribution < 1.29 is 4.42 Å². The average molecular weight is 685 g/mol. The van der Waals surface area contributed by atoms with E-state index in [1.54, 1.807) is 16.2 Å². The number of aryl methyl sites for hydroxylation is 2. The Morgan fingerprint density at radius 1 is 0.472 bits per heavy atom. The number of hydrogen-bond acceptors (Lipinski definition) is 4. The number of rotatable bonds is 5. The molecule has 0 saturated heterocycles. The van der Waals surface area contributed by atoms with Gasteiger partial charge in [-0.25, -0.2) is 14.8 Å². The van der Waals surface area contributed by atoms with E-state index in [1.165, 1.54) is 5.39 Å². The minimum Gasteiger partial charge on any atom is -0.456 e. The van der Waals surface area contributed by atoms with Gasteiger partial charge in [0.1, 0.15) is 11.2 Å². The maximum atomic E-state index is 12.6. The van der Waals surface area contributed by atoms with E-state index in [0.717, 1.165) is 88.7 Å². The van der Waals surface area contributed by atoms with E-state index in [-0.39, 0.29) is 5.69 Å². The molecule has 7 aromatic carbocycles. The summed E-state index contributed by atoms with van der Waals surface area (Å²) in [5.74, 6) is 0.657. The summed E-state index contributed by atoms with van der Waals surface area (Å²) in [6, 6.07) is 54.4. The zero-order valence-corrected chi connectivity index (χ0v) is 29.1. The van der Waals surface area contributed by atoms with Crippen LogP contribution in [0.3, 0.4) is 0 Å². The molecule has 0 unspecified atom stereocenters. The first kappa shape index (κ1) is 30.7. The van der Waals surface area contributed by atoms with Crippen LogP contribution in [0, 0.1) is 0 Å². The standard InChI is InChI=1S/C47H32N4O2/c1-50-41-22-21-33(26-42(41)51(2)47(50)52)30-15-8-17-35(23-30)39-28-40(49-46(48-39)29-11-4-3-5-12-29)36-18-9-16-34(24-36)37-19-10-20-43-45(37)38-25-31-13-6-7-14-32(31)27-44(38)53-43/h3-28H,1-2H3. The fraction of sp³-hybridized carbons (Fsp3) is 0.0426. The number of fused-ring (bicyclic) bond motifs is 5. The minimum atomic E-state index is -0.0413. The molecule has 10 rings (SSSR count). The van der Waals surface area contributed by atoms with E-state index in [9.17, 15) is 4.79 Å². The van der Waals surface area contributed by atoms with Gasteiger partial charge in [-0.15, -0.1) is 0 Å². The number of aromatic nitrogens is 4. The van der Waals surface area contributed by atoms with Crippen molar-refractivity contribution in [2.45, 2.75) is 0 Å². The molecule has 3 aromatic heterocycles. The van der Waals surface area contributed by atoms with Gasteiger partial charge >= 0.3 is 5.69 Å². The third-order valence-electron chi connectivity index (χ3n) is 10.4. The topological polar surface area (TPSA) is 65.8 Å². The SMILES string of the molecule is Cn1c(=O)n(C)c2cc(-c3cccc(-c4cc(-c5cccc(-c6cccc7oc8cc9ccccc9cc8c67)c5)nc(-c5ccccc5)n4)c3)ccc21. The van der Waals surface area contributed by atoms with E-state index in [4.69, 9.17) is 14.4 Å². The van der Waals surface area contributed by atoms with Crippen LogP contribution in [0.1, 0.15) is 0 Å². The molecule has 252 valence electrons. The van der Waals surface area contributed by atoms with Gasteiger partial charge < -0.3 is 4.42 Å². The molecule has 10 aromatic rings. The second-order valence-electron chi connectivity index (χ2n) is 13.6. The molecule has 0 spiro atoms. The predicted octanol–water partition coefficient (Wildman–Crippen LogP) is 11.1. The number of benzene rings is 7. The molecule has 0 aliphatic rings. The molecule has 0 aliphatic heterocycles. The average Bonchev–Trinajstić information content (AvgIpc) is 3.69. The number of hydrogen-bond donors (Lipinski definition) is 0. The van der Waals surface area contributed by atoms with Gasteiger partial charge in [0.2, 0.25) is 0 Å². The maximum absolute atomic E-state index is 12.6. The van der Waals surface area contributed by atoms with Crippen LogP contribution in [0.25, 0.3) is 99.9 Å². The molecule has 53 heavy (non-hydrogen) atoms. The van der Waals surface area contributed by atoms with Gasteiger partial charge in [0, 0.05) is 41.6 Å². The predicted molar refractivity (Wildman–Crippen MR) is 216 cm³/mol. The van der Waals surface area contributed by atoms with Crippen LogP contribution in [0.5, 0.6) is 0 Å². The van der Waals surface area contributed by atoms with Crippen LogP contribution in [0.15, 0.2) is 167 Å². The van der Waals surface area contributed by atoms with Crippen molar-refractivity contribution in [2.24, 2.45) is 14.1 Å². The lowest BCUT2D eigenvalue weighted by Gasteiger charge is -2.12. The van der Waals surface area contributed by atoms with Crippen LogP contribution in [0.2, 0.25) is 0 Å². The molecule has 0 aliphatic carbocycles. The molecular formula is C47H32N4O2. The van der Waals surface area contributed by atoms with Crippen LogP contribution in [-0.4, -0.2) is 19.1 Å². The van der Waals surface area contributed by atoms with Crippen molar-refractivity contribution in [3.8, 4) is 56.2 Å². The molecule has 0 N–H and O–H groups in total. The van der Waals surface area contributed by atoms with Crippen molar-refractivity contribution in [3.05, 3.63) is 168 Å². The fourth-order valence-electron chi connectivity index (χ4n) is 7.60. The Labute approximate surface area is 304 Å². The Bertz CT molecular complexity index is 3110. The monoisotopic (exact) mass is 684 g/mol. The highest BCUT2D eigenvalue weighted by molar-refractivity contribution is 6.15. The quantitative estimate of drug-likeness (QED) is 0.181. The van der Waals surface area contributed by atoms with Crippen LogP contribution >= 0.6 is 0 Å². The van der Waals surface area contributed by atoms with E-state index in [1.807, 2.05) is 49.5 Å². The lowest BCUT2D eigenvalue weighted by atomic mass is 9.96. The first-order chi connectivity index (χ1) is 26.0. The second kappa shape index (κ2) is 12.0. The van der Waals surface area contributed by atoms with Crippen LogP contribution < -0.4 is 5.69 Å². The van der Waals surface area contributed by atoms with Gasteiger partial charge in [-0.1, -0.05) is 109 Å². The maximum Gasteiger partial charge on any atom is 0.328 e. The summed E-state index contributed by atoms with van der Waals surface area (Å²) in [6.07, 6.45) is 0. The molecule has 6 heteroatoms. The van der Waals surface area contributed by atoms with Gasteiger partial charge in [-0.3, -0.25) is 9.13 Å². The Hall–Kier alpha value is -7.05. The molecule has 0 saturated carbocycles. The van der Waals surface area contributed by atoms with Gasteiger partial charge in [-0.2, -0.15) is 0 Å². The molecule has 0 bridgehead atoms. The second-order valence-corrected chi connectivity index (χ2v) is 13.6. The zero-order valence-electron chi connectivity index (χ0n) is 29.1. The molecule has 0 fully saturated rings. The molecule has 0 atom stereocenters. The van der Waals surface area contributed by atoms with E-state index in [2.05, 4.69) is 115 Å². The summed E-state index contributed by atoms with van der Waals surface area (Å²) >= 11 is 0. The Morgan fingerprint density at radius 3 is 1.85 bits per heavy atom. The van der Waals surface area contributed by atoms with Crippen LogP contribution in [-0.2, 0) is 14.1 Å². The third kappa shape index (κ3) is 5.15.